The van der Waals surface area contributed by atoms with Crippen LogP contribution in [0.25, 0.3) is 0 Å². The summed E-state index contributed by atoms with van der Waals surface area (Å²) in [6, 6.07) is 17.6. The number of hydrogen-bond acceptors (Lipinski definition) is 6. The topological polar surface area (TPSA) is 86.3 Å². The fourth-order valence-corrected chi connectivity index (χ4v) is 3.57. The Morgan fingerprint density at radius 2 is 1.75 bits per heavy atom. The molecule has 2 saturated heterocycles. The van der Waals surface area contributed by atoms with E-state index in [1.165, 1.54) is 7.11 Å². The number of aliphatic hydroxyl groups excluding tert-OH is 1. The first-order valence-electron chi connectivity index (χ1n) is 9.21. The number of fused-ring (bicyclic) bond motifs is 1. The smallest absolute Gasteiger partial charge is 0.251 e. The number of methoxy groups -OCH3 is 1. The number of amides is 1. The summed E-state index contributed by atoms with van der Waals surface area (Å²) in [5.74, 6) is -0.300. The molecule has 148 valence electrons. The van der Waals surface area contributed by atoms with Crippen molar-refractivity contribution in [3.8, 4) is 0 Å². The number of aliphatic hydroxyl groups is 1. The van der Waals surface area contributed by atoms with Crippen molar-refractivity contribution in [3.63, 3.8) is 0 Å². The fraction of sp³-hybridized carbons (Fsp3) is 0.381. The van der Waals surface area contributed by atoms with E-state index in [0.29, 0.717) is 5.56 Å². The quantitative estimate of drug-likeness (QED) is 0.832. The highest BCUT2D eigenvalue weighted by atomic mass is 16.7. The third kappa shape index (κ3) is 3.80. The summed E-state index contributed by atoms with van der Waals surface area (Å²) >= 11 is 0. The van der Waals surface area contributed by atoms with Crippen LogP contribution in [0, 0.1) is 0 Å². The van der Waals surface area contributed by atoms with E-state index in [1.54, 1.807) is 24.3 Å². The maximum absolute atomic E-state index is 12.7. The van der Waals surface area contributed by atoms with Crippen LogP contribution in [-0.2, 0) is 18.9 Å². The second-order valence-electron chi connectivity index (χ2n) is 6.81. The molecule has 2 aliphatic rings. The second kappa shape index (κ2) is 8.38. The molecule has 6 atom stereocenters. The Morgan fingerprint density at radius 3 is 2.43 bits per heavy atom. The van der Waals surface area contributed by atoms with Crippen molar-refractivity contribution in [2.24, 2.45) is 0 Å². The molecule has 1 amide bonds. The van der Waals surface area contributed by atoms with E-state index in [1.807, 2.05) is 36.4 Å². The molecule has 0 spiro atoms. The van der Waals surface area contributed by atoms with E-state index in [2.05, 4.69) is 5.32 Å². The Hall–Kier alpha value is -2.29. The predicted octanol–water partition coefficient (Wildman–Crippen LogP) is 1.63. The molecule has 0 aliphatic carbocycles. The minimum Gasteiger partial charge on any atom is -0.386 e. The average molecular weight is 385 g/mol. The van der Waals surface area contributed by atoms with Crippen molar-refractivity contribution < 1.29 is 28.8 Å². The van der Waals surface area contributed by atoms with Crippen LogP contribution in [0.5, 0.6) is 0 Å². The van der Waals surface area contributed by atoms with Gasteiger partial charge < -0.3 is 29.4 Å². The number of carbonyl (C=O) groups is 1. The monoisotopic (exact) mass is 385 g/mol. The van der Waals surface area contributed by atoms with Gasteiger partial charge in [-0.3, -0.25) is 4.79 Å². The summed E-state index contributed by atoms with van der Waals surface area (Å²) in [5, 5.41) is 13.6. The standard InChI is InChI=1S/C21H23NO6/c1-25-21-17(23)16(22-19(24)13-8-4-2-5-9-13)18-15(27-21)12-26-20(28-18)14-10-6-3-7-11-14/h2-11,15-18,20-21,23H,12H2,1H3,(H,22,24)/t15-,16-,17-,18-,20?,21+/m1/s1. The minimum atomic E-state index is -1.09. The van der Waals surface area contributed by atoms with Crippen LogP contribution < -0.4 is 5.32 Å². The van der Waals surface area contributed by atoms with E-state index >= 15 is 0 Å². The summed E-state index contributed by atoms with van der Waals surface area (Å²) in [7, 11) is 1.45. The molecule has 0 bridgehead atoms. The molecule has 0 saturated carbocycles. The van der Waals surface area contributed by atoms with E-state index in [4.69, 9.17) is 18.9 Å². The summed E-state index contributed by atoms with van der Waals surface area (Å²) in [5.41, 5.74) is 1.36. The number of carbonyl (C=O) groups excluding carboxylic acids is 1. The molecule has 2 aromatic rings. The van der Waals surface area contributed by atoms with Crippen molar-refractivity contribution in [2.45, 2.75) is 36.9 Å². The molecule has 28 heavy (non-hydrogen) atoms. The van der Waals surface area contributed by atoms with E-state index in [-0.39, 0.29) is 12.5 Å². The molecule has 0 radical (unpaired) electrons. The highest BCUT2D eigenvalue weighted by Crippen LogP contribution is 2.34. The summed E-state index contributed by atoms with van der Waals surface area (Å²) in [6.45, 7) is 0.258. The SMILES string of the molecule is CO[C@H]1O[C@@H]2COC(c3ccccc3)O[C@H]2[C@H](NC(=O)c2ccccc2)[C@H]1O. The van der Waals surface area contributed by atoms with Crippen LogP contribution in [0.2, 0.25) is 0 Å². The van der Waals surface area contributed by atoms with Crippen LogP contribution >= 0.6 is 0 Å². The van der Waals surface area contributed by atoms with Gasteiger partial charge in [0.15, 0.2) is 12.6 Å². The van der Waals surface area contributed by atoms with Gasteiger partial charge in [-0.25, -0.2) is 0 Å². The van der Waals surface area contributed by atoms with Crippen LogP contribution in [0.1, 0.15) is 22.2 Å². The van der Waals surface area contributed by atoms with Gasteiger partial charge in [-0.05, 0) is 12.1 Å². The van der Waals surface area contributed by atoms with Gasteiger partial charge in [0.1, 0.15) is 18.3 Å². The lowest BCUT2D eigenvalue weighted by atomic mass is 9.94. The summed E-state index contributed by atoms with van der Waals surface area (Å²) in [4.78, 5) is 12.7. The molecule has 2 aliphatic heterocycles. The maximum Gasteiger partial charge on any atom is 0.251 e. The third-order valence-corrected chi connectivity index (χ3v) is 5.01. The van der Waals surface area contributed by atoms with E-state index in [0.717, 1.165) is 5.56 Å². The molecular formula is C21H23NO6. The first kappa shape index (κ1) is 19.0. The Kier molecular flexibility index (Phi) is 5.70. The normalized spacial score (nSPS) is 32.4. The highest BCUT2D eigenvalue weighted by molar-refractivity contribution is 5.94. The Labute approximate surface area is 163 Å². The van der Waals surface area contributed by atoms with Gasteiger partial charge in [-0.2, -0.15) is 0 Å². The second-order valence-corrected chi connectivity index (χ2v) is 6.81. The van der Waals surface area contributed by atoms with Gasteiger partial charge in [0, 0.05) is 18.2 Å². The van der Waals surface area contributed by atoms with Gasteiger partial charge in [-0.1, -0.05) is 48.5 Å². The number of rotatable bonds is 4. The van der Waals surface area contributed by atoms with Crippen LogP contribution in [-0.4, -0.2) is 55.4 Å². The van der Waals surface area contributed by atoms with Gasteiger partial charge in [-0.15, -0.1) is 0 Å². The lowest BCUT2D eigenvalue weighted by Crippen LogP contribution is -2.67. The number of nitrogens with one attached hydrogen (secondary N) is 1. The average Bonchev–Trinajstić information content (AvgIpc) is 2.76. The lowest BCUT2D eigenvalue weighted by Gasteiger charge is -2.47. The van der Waals surface area contributed by atoms with Crippen molar-refractivity contribution in [1.29, 1.82) is 0 Å². The van der Waals surface area contributed by atoms with Gasteiger partial charge >= 0.3 is 0 Å². The molecule has 2 fully saturated rings. The van der Waals surface area contributed by atoms with E-state index < -0.39 is 36.9 Å². The third-order valence-electron chi connectivity index (χ3n) is 5.01. The van der Waals surface area contributed by atoms with Crippen LogP contribution in [0.15, 0.2) is 60.7 Å². The Balaban J connectivity index is 1.56. The van der Waals surface area contributed by atoms with Gasteiger partial charge in [0.2, 0.25) is 0 Å². The van der Waals surface area contributed by atoms with Gasteiger partial charge in [0.05, 0.1) is 12.6 Å². The molecule has 1 unspecified atom stereocenters. The fourth-order valence-electron chi connectivity index (χ4n) is 3.57. The molecule has 4 rings (SSSR count). The van der Waals surface area contributed by atoms with Crippen LogP contribution in [0.3, 0.4) is 0 Å². The van der Waals surface area contributed by atoms with Crippen molar-refractivity contribution in [3.05, 3.63) is 71.8 Å². The zero-order valence-electron chi connectivity index (χ0n) is 15.4. The zero-order chi connectivity index (χ0) is 19.5. The largest absolute Gasteiger partial charge is 0.386 e. The van der Waals surface area contributed by atoms with Crippen molar-refractivity contribution in [1.82, 2.24) is 5.32 Å². The molecule has 2 heterocycles. The summed E-state index contributed by atoms with van der Waals surface area (Å²) < 4.78 is 22.9. The van der Waals surface area contributed by atoms with E-state index in [9.17, 15) is 9.90 Å². The molecule has 0 aromatic heterocycles. The number of benzene rings is 2. The first-order chi connectivity index (χ1) is 13.7. The highest BCUT2D eigenvalue weighted by Gasteiger charge is 2.50. The number of ether oxygens (including phenoxy) is 4. The van der Waals surface area contributed by atoms with Crippen molar-refractivity contribution >= 4 is 5.91 Å². The van der Waals surface area contributed by atoms with Crippen LogP contribution in [0.4, 0.5) is 0 Å². The number of hydrogen-bond donors (Lipinski definition) is 2. The Morgan fingerprint density at radius 1 is 1.07 bits per heavy atom. The first-order valence-corrected chi connectivity index (χ1v) is 9.21. The predicted molar refractivity (Wildman–Crippen MR) is 99.4 cm³/mol. The zero-order valence-corrected chi connectivity index (χ0v) is 15.4. The maximum atomic E-state index is 12.7. The molecule has 7 nitrogen and oxygen atoms in total. The van der Waals surface area contributed by atoms with Crippen molar-refractivity contribution in [2.75, 3.05) is 13.7 Å². The van der Waals surface area contributed by atoms with Gasteiger partial charge in [0.25, 0.3) is 5.91 Å². The molecule has 2 N–H and O–H groups in total. The molecule has 2 aromatic carbocycles. The Bertz CT molecular complexity index is 786. The molecule has 7 heteroatoms. The molecular weight excluding hydrogens is 362 g/mol. The lowest BCUT2D eigenvalue weighted by molar-refractivity contribution is -0.340. The summed E-state index contributed by atoms with van der Waals surface area (Å²) in [6.07, 6.45) is -3.65. The minimum absolute atomic E-state index is 0.258.